The fourth-order valence-electron chi connectivity index (χ4n) is 1.70. The minimum absolute atomic E-state index is 0.155. The summed E-state index contributed by atoms with van der Waals surface area (Å²) >= 11 is 0. The molecular weight excluding hydrogens is 245 g/mol. The highest BCUT2D eigenvalue weighted by Crippen LogP contribution is 2.34. The van der Waals surface area contributed by atoms with Gasteiger partial charge in [-0.1, -0.05) is 6.08 Å². The van der Waals surface area contributed by atoms with Gasteiger partial charge in [-0.25, -0.2) is 4.98 Å². The lowest BCUT2D eigenvalue weighted by Gasteiger charge is -2.16. The highest BCUT2D eigenvalue weighted by molar-refractivity contribution is 5.29. The van der Waals surface area contributed by atoms with E-state index in [-0.39, 0.29) is 12.4 Å². The molecule has 2 heterocycles. The summed E-state index contributed by atoms with van der Waals surface area (Å²) in [6, 6.07) is 2.71. The second kappa shape index (κ2) is 5.39. The smallest absolute Gasteiger partial charge is 0.437 e. The Labute approximate surface area is 103 Å². The van der Waals surface area contributed by atoms with Gasteiger partial charge in [0.25, 0.3) is 0 Å². The van der Waals surface area contributed by atoms with Crippen molar-refractivity contribution in [2.75, 3.05) is 19.7 Å². The highest BCUT2D eigenvalue weighted by atomic mass is 19.4. The summed E-state index contributed by atoms with van der Waals surface area (Å²) in [6.45, 7) is 1.70. The molecule has 0 saturated heterocycles. The summed E-state index contributed by atoms with van der Waals surface area (Å²) in [6.07, 6.45) is -0.523. The van der Waals surface area contributed by atoms with Crippen molar-refractivity contribution in [3.05, 3.63) is 35.7 Å². The Hall–Kier alpha value is -1.56. The summed E-state index contributed by atoms with van der Waals surface area (Å²) in [4.78, 5) is 3.33. The molecule has 0 radical (unpaired) electrons. The fourth-order valence-corrected chi connectivity index (χ4v) is 1.70. The molecule has 3 nitrogen and oxygen atoms in total. The van der Waals surface area contributed by atoms with Crippen molar-refractivity contribution in [3.63, 3.8) is 0 Å². The number of aromatic nitrogens is 1. The zero-order valence-electron chi connectivity index (χ0n) is 9.63. The van der Waals surface area contributed by atoms with Crippen molar-refractivity contribution >= 4 is 0 Å². The van der Waals surface area contributed by atoms with Gasteiger partial charge in [0.2, 0.25) is 0 Å². The van der Waals surface area contributed by atoms with E-state index in [1.165, 1.54) is 12.1 Å². The zero-order valence-corrected chi connectivity index (χ0v) is 9.63. The molecule has 0 aromatic carbocycles. The molecular formula is C12H13F3N2O. The molecule has 0 fully saturated rings. The van der Waals surface area contributed by atoms with Crippen LogP contribution in [0.5, 0.6) is 5.75 Å². The molecule has 1 aromatic rings. The third-order valence-corrected chi connectivity index (χ3v) is 2.56. The van der Waals surface area contributed by atoms with Crippen molar-refractivity contribution < 1.29 is 17.9 Å². The van der Waals surface area contributed by atoms with E-state index in [1.54, 1.807) is 0 Å². The lowest BCUT2D eigenvalue weighted by molar-refractivity contribution is -0.142. The number of alkyl halides is 3. The maximum absolute atomic E-state index is 12.6. The van der Waals surface area contributed by atoms with Gasteiger partial charge < -0.3 is 10.1 Å². The van der Waals surface area contributed by atoms with E-state index in [0.717, 1.165) is 24.7 Å². The van der Waals surface area contributed by atoms with Gasteiger partial charge in [0.15, 0.2) is 11.4 Å². The van der Waals surface area contributed by atoms with Crippen LogP contribution in [0.15, 0.2) is 30.0 Å². The van der Waals surface area contributed by atoms with Gasteiger partial charge in [-0.3, -0.25) is 0 Å². The average Bonchev–Trinajstić information content (AvgIpc) is 2.37. The molecule has 18 heavy (non-hydrogen) atoms. The maximum Gasteiger partial charge on any atom is 0.437 e. The van der Waals surface area contributed by atoms with E-state index in [1.807, 2.05) is 6.08 Å². The Morgan fingerprint density at radius 3 is 2.89 bits per heavy atom. The fraction of sp³-hybridized carbons (Fsp3) is 0.417. The lowest BCUT2D eigenvalue weighted by atomic mass is 10.1. The van der Waals surface area contributed by atoms with Crippen molar-refractivity contribution in [2.45, 2.75) is 12.6 Å². The number of rotatable bonds is 3. The number of hydrogen-bond acceptors (Lipinski definition) is 3. The van der Waals surface area contributed by atoms with Gasteiger partial charge in [0.05, 0.1) is 0 Å². The summed E-state index contributed by atoms with van der Waals surface area (Å²) in [5, 5.41) is 3.13. The summed E-state index contributed by atoms with van der Waals surface area (Å²) in [7, 11) is 0. The molecule has 0 atom stereocenters. The molecule has 2 rings (SSSR count). The minimum Gasteiger partial charge on any atom is -0.487 e. The Kier molecular flexibility index (Phi) is 3.86. The van der Waals surface area contributed by atoms with Crippen LogP contribution in [0.2, 0.25) is 0 Å². The third-order valence-electron chi connectivity index (χ3n) is 2.56. The average molecular weight is 258 g/mol. The van der Waals surface area contributed by atoms with Crippen LogP contribution >= 0.6 is 0 Å². The number of hydrogen-bond donors (Lipinski definition) is 1. The second-order valence-corrected chi connectivity index (χ2v) is 3.96. The molecule has 0 saturated carbocycles. The van der Waals surface area contributed by atoms with Gasteiger partial charge in [-0.15, -0.1) is 0 Å². The molecule has 1 aliphatic heterocycles. The van der Waals surface area contributed by atoms with Crippen LogP contribution in [-0.2, 0) is 6.18 Å². The standard InChI is InChI=1S/C12H13F3N2O/c13-12(14,15)11-10(4-2-6-17-11)18-8-9-3-1-5-16-7-9/h2-4,6,16H,1,5,7-8H2. The van der Waals surface area contributed by atoms with Crippen LogP contribution in [0.3, 0.4) is 0 Å². The van der Waals surface area contributed by atoms with E-state index < -0.39 is 11.9 Å². The molecule has 0 aliphatic carbocycles. The van der Waals surface area contributed by atoms with Gasteiger partial charge >= 0.3 is 6.18 Å². The number of nitrogens with zero attached hydrogens (tertiary/aromatic N) is 1. The van der Waals surface area contributed by atoms with Crippen LogP contribution < -0.4 is 10.1 Å². The first kappa shape index (κ1) is 12.9. The molecule has 0 amide bonds. The first-order valence-electron chi connectivity index (χ1n) is 5.61. The molecule has 6 heteroatoms. The quantitative estimate of drug-likeness (QED) is 0.845. The van der Waals surface area contributed by atoms with E-state index in [4.69, 9.17) is 4.74 Å². The van der Waals surface area contributed by atoms with Gasteiger partial charge in [0, 0.05) is 12.7 Å². The molecule has 1 aromatic heterocycles. The van der Waals surface area contributed by atoms with Crippen LogP contribution in [0, 0.1) is 0 Å². The Balaban J connectivity index is 2.07. The molecule has 98 valence electrons. The van der Waals surface area contributed by atoms with Crippen molar-refractivity contribution in [2.24, 2.45) is 0 Å². The summed E-state index contributed by atoms with van der Waals surface area (Å²) in [5.41, 5.74) is -0.0207. The Morgan fingerprint density at radius 1 is 1.39 bits per heavy atom. The Morgan fingerprint density at radius 2 is 2.22 bits per heavy atom. The van der Waals surface area contributed by atoms with Crippen molar-refractivity contribution in [1.82, 2.24) is 10.3 Å². The number of ether oxygens (including phenoxy) is 1. The summed E-state index contributed by atoms with van der Waals surface area (Å²) < 4.78 is 43.1. The van der Waals surface area contributed by atoms with E-state index in [0.29, 0.717) is 6.54 Å². The largest absolute Gasteiger partial charge is 0.487 e. The monoisotopic (exact) mass is 258 g/mol. The number of nitrogens with one attached hydrogen (secondary N) is 1. The Bertz CT molecular complexity index is 443. The highest BCUT2D eigenvalue weighted by Gasteiger charge is 2.36. The van der Waals surface area contributed by atoms with Gasteiger partial charge in [0.1, 0.15) is 6.61 Å². The topological polar surface area (TPSA) is 34.1 Å². The minimum atomic E-state index is -4.49. The number of pyridine rings is 1. The molecule has 1 aliphatic rings. The predicted octanol–water partition coefficient (Wildman–Crippen LogP) is 2.40. The van der Waals surface area contributed by atoms with Crippen LogP contribution in [0.25, 0.3) is 0 Å². The zero-order chi connectivity index (χ0) is 13.0. The SMILES string of the molecule is FC(F)(F)c1ncccc1OCC1=CCCNC1. The van der Waals surface area contributed by atoms with E-state index >= 15 is 0 Å². The normalized spacial score (nSPS) is 16.3. The molecule has 0 spiro atoms. The second-order valence-electron chi connectivity index (χ2n) is 3.96. The molecule has 0 bridgehead atoms. The van der Waals surface area contributed by atoms with Crippen molar-refractivity contribution in [3.8, 4) is 5.75 Å². The van der Waals surface area contributed by atoms with Gasteiger partial charge in [-0.2, -0.15) is 13.2 Å². The molecule has 1 N–H and O–H groups in total. The van der Waals surface area contributed by atoms with Crippen molar-refractivity contribution in [1.29, 1.82) is 0 Å². The predicted molar refractivity (Wildman–Crippen MR) is 60.3 cm³/mol. The number of halogens is 3. The van der Waals surface area contributed by atoms with Gasteiger partial charge in [-0.05, 0) is 30.7 Å². The maximum atomic E-state index is 12.6. The third kappa shape index (κ3) is 3.22. The first-order valence-corrected chi connectivity index (χ1v) is 5.61. The van der Waals surface area contributed by atoms with E-state index in [2.05, 4.69) is 10.3 Å². The van der Waals surface area contributed by atoms with Crippen LogP contribution in [0.4, 0.5) is 13.2 Å². The summed E-state index contributed by atoms with van der Waals surface area (Å²) in [5.74, 6) is -0.225. The van der Waals surface area contributed by atoms with Crippen LogP contribution in [0.1, 0.15) is 12.1 Å². The first-order chi connectivity index (χ1) is 8.57. The van der Waals surface area contributed by atoms with E-state index in [9.17, 15) is 13.2 Å². The van der Waals surface area contributed by atoms with Crippen LogP contribution in [-0.4, -0.2) is 24.7 Å². The molecule has 0 unspecified atom stereocenters. The lowest BCUT2D eigenvalue weighted by Crippen LogP contribution is -2.25.